The summed E-state index contributed by atoms with van der Waals surface area (Å²) in [6.07, 6.45) is 2.29. The molecule has 0 bridgehead atoms. The van der Waals surface area contributed by atoms with Gasteiger partial charge in [0.25, 0.3) is 5.91 Å². The summed E-state index contributed by atoms with van der Waals surface area (Å²) in [6, 6.07) is 9.84. The minimum absolute atomic E-state index is 0.0172. The molecule has 4 rings (SSSR count). The van der Waals surface area contributed by atoms with Gasteiger partial charge in [-0.25, -0.2) is 0 Å². The van der Waals surface area contributed by atoms with Crippen LogP contribution in [0.15, 0.2) is 30.3 Å². The normalized spacial score (nSPS) is 17.4. The molecule has 2 aliphatic rings. The Morgan fingerprint density at radius 3 is 2.58 bits per heavy atom. The Balaban J connectivity index is 1.59. The molecule has 1 aliphatic carbocycles. The molecule has 5 nitrogen and oxygen atoms in total. The molecule has 5 heteroatoms. The first-order valence-electron chi connectivity index (χ1n) is 8.46. The summed E-state index contributed by atoms with van der Waals surface area (Å²) in [7, 11) is 1.92. The first kappa shape index (κ1) is 15.1. The lowest BCUT2D eigenvalue weighted by Gasteiger charge is -2.23. The van der Waals surface area contributed by atoms with Crippen LogP contribution in [0.2, 0.25) is 0 Å². The number of carbonyl (C=O) groups is 1. The van der Waals surface area contributed by atoms with E-state index in [1.165, 1.54) is 0 Å². The van der Waals surface area contributed by atoms with Crippen molar-refractivity contribution in [3.05, 3.63) is 47.3 Å². The van der Waals surface area contributed by atoms with E-state index < -0.39 is 0 Å². The van der Waals surface area contributed by atoms with E-state index in [0.29, 0.717) is 24.8 Å². The number of ether oxygens (including phenoxy) is 2. The highest BCUT2D eigenvalue weighted by Crippen LogP contribution is 2.43. The highest BCUT2D eigenvalue weighted by Gasteiger charge is 2.34. The van der Waals surface area contributed by atoms with Crippen LogP contribution in [0, 0.1) is 12.8 Å². The van der Waals surface area contributed by atoms with Crippen molar-refractivity contribution in [2.24, 2.45) is 13.0 Å². The third-order valence-electron chi connectivity index (χ3n) is 4.91. The van der Waals surface area contributed by atoms with Crippen molar-refractivity contribution < 1.29 is 14.3 Å². The number of aromatic nitrogens is 1. The molecule has 1 fully saturated rings. The number of aryl methyl sites for hydroxylation is 1. The summed E-state index contributed by atoms with van der Waals surface area (Å²) in [4.78, 5) is 12.7. The molecule has 1 atom stereocenters. The Morgan fingerprint density at radius 1 is 1.17 bits per heavy atom. The number of rotatable bonds is 4. The van der Waals surface area contributed by atoms with Crippen molar-refractivity contribution >= 4 is 5.91 Å². The fourth-order valence-electron chi connectivity index (χ4n) is 3.21. The maximum Gasteiger partial charge on any atom is 0.268 e. The zero-order valence-electron chi connectivity index (χ0n) is 14.0. The zero-order valence-corrected chi connectivity index (χ0v) is 14.0. The summed E-state index contributed by atoms with van der Waals surface area (Å²) < 4.78 is 13.2. The van der Waals surface area contributed by atoms with Gasteiger partial charge in [0, 0.05) is 12.7 Å². The number of benzene rings is 1. The Kier molecular flexibility index (Phi) is 3.71. The molecule has 1 aromatic heterocycles. The molecular weight excluding hydrogens is 304 g/mol. The summed E-state index contributed by atoms with van der Waals surface area (Å²) in [5.74, 6) is 2.02. The molecule has 1 aliphatic heterocycles. The fraction of sp³-hybridized carbons (Fsp3) is 0.421. The lowest BCUT2D eigenvalue weighted by molar-refractivity contribution is 0.0923. The van der Waals surface area contributed by atoms with Gasteiger partial charge in [-0.2, -0.15) is 0 Å². The minimum atomic E-state index is -0.0302. The van der Waals surface area contributed by atoms with Gasteiger partial charge in [-0.05, 0) is 55.5 Å². The van der Waals surface area contributed by atoms with Gasteiger partial charge in [-0.3, -0.25) is 4.79 Å². The van der Waals surface area contributed by atoms with E-state index >= 15 is 0 Å². The van der Waals surface area contributed by atoms with E-state index in [1.54, 1.807) is 0 Å². The van der Waals surface area contributed by atoms with Crippen LogP contribution in [0.25, 0.3) is 0 Å². The Bertz CT molecular complexity index is 777. The van der Waals surface area contributed by atoms with Gasteiger partial charge in [0.1, 0.15) is 18.9 Å². The van der Waals surface area contributed by atoms with Crippen molar-refractivity contribution in [3.63, 3.8) is 0 Å². The third kappa shape index (κ3) is 2.75. The molecule has 1 N–H and O–H groups in total. The Hall–Kier alpha value is -2.43. The van der Waals surface area contributed by atoms with E-state index in [-0.39, 0.29) is 11.9 Å². The van der Waals surface area contributed by atoms with Crippen LogP contribution < -0.4 is 14.8 Å². The number of carbonyl (C=O) groups excluding carboxylic acids is 1. The van der Waals surface area contributed by atoms with E-state index in [1.807, 2.05) is 48.9 Å². The molecule has 2 aromatic rings. The van der Waals surface area contributed by atoms with Crippen LogP contribution in [0.3, 0.4) is 0 Å². The molecule has 0 radical (unpaired) electrons. The third-order valence-corrected chi connectivity index (χ3v) is 4.91. The first-order chi connectivity index (χ1) is 11.6. The van der Waals surface area contributed by atoms with E-state index in [0.717, 1.165) is 35.6 Å². The van der Waals surface area contributed by atoms with Crippen molar-refractivity contribution in [1.29, 1.82) is 0 Å². The molecule has 0 spiro atoms. The Labute approximate surface area is 141 Å². The monoisotopic (exact) mass is 326 g/mol. The molecular formula is C19H22N2O3. The number of hydrogen-bond acceptors (Lipinski definition) is 3. The van der Waals surface area contributed by atoms with Crippen molar-refractivity contribution in [2.45, 2.75) is 25.8 Å². The lowest BCUT2D eigenvalue weighted by atomic mass is 10.0. The van der Waals surface area contributed by atoms with E-state index in [2.05, 4.69) is 5.32 Å². The van der Waals surface area contributed by atoms with Crippen molar-refractivity contribution in [2.75, 3.05) is 13.2 Å². The van der Waals surface area contributed by atoms with Crippen LogP contribution in [0.4, 0.5) is 0 Å². The summed E-state index contributed by atoms with van der Waals surface area (Å²) in [6.45, 7) is 3.15. The standard InChI is InChI=1S/C19H22N2O3/c1-12-3-7-15(21(12)2)19(22)20-18(13-4-5-13)14-6-8-16-17(11-14)24-10-9-23-16/h3,6-8,11,13,18H,4-5,9-10H2,1-2H3,(H,20,22). The molecule has 1 aromatic carbocycles. The van der Waals surface area contributed by atoms with Crippen LogP contribution in [0.1, 0.15) is 40.6 Å². The van der Waals surface area contributed by atoms with Gasteiger partial charge >= 0.3 is 0 Å². The molecule has 126 valence electrons. The average molecular weight is 326 g/mol. The lowest BCUT2D eigenvalue weighted by Crippen LogP contribution is -2.31. The molecule has 1 amide bonds. The number of hydrogen-bond donors (Lipinski definition) is 1. The predicted molar refractivity (Wildman–Crippen MR) is 90.5 cm³/mol. The number of fused-ring (bicyclic) bond motifs is 1. The second kappa shape index (κ2) is 5.89. The SMILES string of the molecule is Cc1ccc(C(=O)NC(c2ccc3c(c2)OCCO3)C2CC2)n1C. The Morgan fingerprint density at radius 2 is 1.92 bits per heavy atom. The quantitative estimate of drug-likeness (QED) is 0.940. The van der Waals surface area contributed by atoms with Crippen molar-refractivity contribution in [3.8, 4) is 11.5 Å². The summed E-state index contributed by atoms with van der Waals surface area (Å²) in [5.41, 5.74) is 2.85. The molecule has 2 heterocycles. The van der Waals surface area contributed by atoms with Gasteiger partial charge in [0.05, 0.1) is 6.04 Å². The van der Waals surface area contributed by atoms with E-state index in [4.69, 9.17) is 9.47 Å². The van der Waals surface area contributed by atoms with Crippen LogP contribution in [-0.2, 0) is 7.05 Å². The first-order valence-corrected chi connectivity index (χ1v) is 8.46. The van der Waals surface area contributed by atoms with Crippen LogP contribution in [0.5, 0.6) is 11.5 Å². The molecule has 24 heavy (non-hydrogen) atoms. The van der Waals surface area contributed by atoms with Gasteiger partial charge in [-0.1, -0.05) is 6.07 Å². The predicted octanol–water partition coefficient (Wildman–Crippen LogP) is 2.99. The maximum atomic E-state index is 12.7. The van der Waals surface area contributed by atoms with Crippen molar-refractivity contribution in [1.82, 2.24) is 9.88 Å². The fourth-order valence-corrected chi connectivity index (χ4v) is 3.21. The molecule has 1 unspecified atom stereocenters. The number of amides is 1. The minimum Gasteiger partial charge on any atom is -0.486 e. The van der Waals surface area contributed by atoms with Crippen LogP contribution in [-0.4, -0.2) is 23.7 Å². The van der Waals surface area contributed by atoms with Gasteiger partial charge in [0.15, 0.2) is 11.5 Å². The smallest absolute Gasteiger partial charge is 0.268 e. The largest absolute Gasteiger partial charge is 0.486 e. The summed E-state index contributed by atoms with van der Waals surface area (Å²) >= 11 is 0. The molecule has 1 saturated carbocycles. The zero-order chi connectivity index (χ0) is 16.7. The van der Waals surface area contributed by atoms with Gasteiger partial charge < -0.3 is 19.4 Å². The maximum absolute atomic E-state index is 12.7. The molecule has 0 saturated heterocycles. The van der Waals surface area contributed by atoms with Gasteiger partial charge in [0.2, 0.25) is 0 Å². The van der Waals surface area contributed by atoms with E-state index in [9.17, 15) is 4.79 Å². The topological polar surface area (TPSA) is 52.5 Å². The number of nitrogens with one attached hydrogen (secondary N) is 1. The van der Waals surface area contributed by atoms with Crippen LogP contribution >= 0.6 is 0 Å². The second-order valence-electron chi connectivity index (χ2n) is 6.61. The highest BCUT2D eigenvalue weighted by molar-refractivity contribution is 5.93. The number of nitrogens with zero attached hydrogens (tertiary/aromatic N) is 1. The average Bonchev–Trinajstić information content (AvgIpc) is 3.38. The second-order valence-corrected chi connectivity index (χ2v) is 6.61. The highest BCUT2D eigenvalue weighted by atomic mass is 16.6. The van der Waals surface area contributed by atoms with Gasteiger partial charge in [-0.15, -0.1) is 0 Å². The summed E-state index contributed by atoms with van der Waals surface area (Å²) in [5, 5.41) is 3.22.